The number of halogens is 1. The van der Waals surface area contributed by atoms with Crippen molar-refractivity contribution in [2.45, 2.75) is 26.2 Å². The number of benzene rings is 4. The van der Waals surface area contributed by atoms with Crippen molar-refractivity contribution >= 4 is 32.9 Å². The predicted octanol–water partition coefficient (Wildman–Crippen LogP) is 8.03. The standard InChI is InChI=1S/C34H29BrN4O/c35-30-24-38(21-26-13-5-1-6-14-26)32-31(30)36-34(37-33(32)40-25-29-19-11-4-12-20-29)39(22-27-15-7-2-8-16-27)23-28-17-9-3-10-18-28/h1-20,24H,21-23,25H2. The molecule has 0 saturated heterocycles. The summed E-state index contributed by atoms with van der Waals surface area (Å²) in [6.45, 7) is 2.44. The number of ether oxygens (including phenoxy) is 1. The topological polar surface area (TPSA) is 43.2 Å². The molecule has 0 N–H and O–H groups in total. The van der Waals surface area contributed by atoms with Crippen molar-refractivity contribution in [3.8, 4) is 5.88 Å². The van der Waals surface area contributed by atoms with E-state index in [-0.39, 0.29) is 0 Å². The molecule has 0 atom stereocenters. The molecule has 0 unspecified atom stereocenters. The summed E-state index contributed by atoms with van der Waals surface area (Å²) in [6.07, 6.45) is 2.07. The van der Waals surface area contributed by atoms with Gasteiger partial charge in [0.2, 0.25) is 11.8 Å². The van der Waals surface area contributed by atoms with Gasteiger partial charge in [-0.25, -0.2) is 4.98 Å². The Morgan fingerprint density at radius 2 is 1.12 bits per heavy atom. The quantitative estimate of drug-likeness (QED) is 0.162. The maximum absolute atomic E-state index is 6.47. The Bertz CT molecular complexity index is 1630. The second-order valence-corrected chi connectivity index (χ2v) is 10.6. The van der Waals surface area contributed by atoms with Crippen LogP contribution in [0.2, 0.25) is 0 Å². The molecule has 40 heavy (non-hydrogen) atoms. The highest BCUT2D eigenvalue weighted by Crippen LogP contribution is 2.34. The van der Waals surface area contributed by atoms with E-state index in [9.17, 15) is 0 Å². The Morgan fingerprint density at radius 3 is 1.68 bits per heavy atom. The first-order valence-corrected chi connectivity index (χ1v) is 14.1. The fraction of sp³-hybridized carbons (Fsp3) is 0.118. The van der Waals surface area contributed by atoms with Crippen LogP contribution in [0, 0.1) is 0 Å². The minimum absolute atomic E-state index is 0.415. The molecule has 198 valence electrons. The van der Waals surface area contributed by atoms with Crippen LogP contribution in [-0.2, 0) is 26.2 Å². The molecular weight excluding hydrogens is 560 g/mol. The molecule has 2 aromatic heterocycles. The van der Waals surface area contributed by atoms with Crippen LogP contribution in [-0.4, -0.2) is 14.5 Å². The highest BCUT2D eigenvalue weighted by molar-refractivity contribution is 9.10. The van der Waals surface area contributed by atoms with Crippen LogP contribution < -0.4 is 9.64 Å². The predicted molar refractivity (Wildman–Crippen MR) is 164 cm³/mol. The van der Waals surface area contributed by atoms with Crippen LogP contribution in [0.3, 0.4) is 0 Å². The molecule has 0 saturated carbocycles. The van der Waals surface area contributed by atoms with E-state index >= 15 is 0 Å². The number of hydrogen-bond acceptors (Lipinski definition) is 4. The molecule has 6 heteroatoms. The van der Waals surface area contributed by atoms with Gasteiger partial charge in [0, 0.05) is 25.8 Å². The van der Waals surface area contributed by atoms with Crippen LogP contribution in [0.5, 0.6) is 5.88 Å². The molecule has 0 bridgehead atoms. The van der Waals surface area contributed by atoms with E-state index in [2.05, 4.69) is 117 Å². The molecule has 2 heterocycles. The number of hydrogen-bond donors (Lipinski definition) is 0. The molecule has 0 aliphatic rings. The van der Waals surface area contributed by atoms with Crippen molar-refractivity contribution in [1.82, 2.24) is 14.5 Å². The van der Waals surface area contributed by atoms with Crippen LogP contribution in [0.15, 0.2) is 132 Å². The SMILES string of the molecule is Brc1cn(Cc2ccccc2)c2c(OCc3ccccc3)nc(N(Cc3ccccc3)Cc3ccccc3)nc12. The molecule has 0 aliphatic heterocycles. The van der Waals surface area contributed by atoms with Gasteiger partial charge in [0.05, 0.1) is 4.47 Å². The van der Waals surface area contributed by atoms with Crippen molar-refractivity contribution in [2.24, 2.45) is 0 Å². The van der Waals surface area contributed by atoms with Crippen LogP contribution in [0.4, 0.5) is 5.95 Å². The molecule has 0 aliphatic carbocycles. The number of nitrogens with zero attached hydrogens (tertiary/aromatic N) is 4. The zero-order valence-electron chi connectivity index (χ0n) is 22.0. The van der Waals surface area contributed by atoms with Gasteiger partial charge >= 0.3 is 0 Å². The Hall–Kier alpha value is -4.42. The zero-order valence-corrected chi connectivity index (χ0v) is 23.6. The van der Waals surface area contributed by atoms with E-state index in [0.29, 0.717) is 38.1 Å². The van der Waals surface area contributed by atoms with Crippen molar-refractivity contribution in [3.63, 3.8) is 0 Å². The highest BCUT2D eigenvalue weighted by atomic mass is 79.9. The van der Waals surface area contributed by atoms with Gasteiger partial charge in [0.15, 0.2) is 0 Å². The minimum atomic E-state index is 0.415. The van der Waals surface area contributed by atoms with E-state index in [4.69, 9.17) is 14.7 Å². The van der Waals surface area contributed by atoms with E-state index in [1.54, 1.807) is 0 Å². The number of anilines is 1. The third-order valence-corrected chi connectivity index (χ3v) is 7.33. The molecule has 0 fully saturated rings. The van der Waals surface area contributed by atoms with Crippen molar-refractivity contribution in [1.29, 1.82) is 0 Å². The van der Waals surface area contributed by atoms with Crippen LogP contribution >= 0.6 is 15.9 Å². The average molecular weight is 590 g/mol. The summed E-state index contributed by atoms with van der Waals surface area (Å²) < 4.78 is 9.54. The Morgan fingerprint density at radius 1 is 0.625 bits per heavy atom. The molecule has 6 rings (SSSR count). The van der Waals surface area contributed by atoms with E-state index < -0.39 is 0 Å². The lowest BCUT2D eigenvalue weighted by atomic mass is 10.2. The van der Waals surface area contributed by atoms with Crippen molar-refractivity contribution in [2.75, 3.05) is 4.90 Å². The van der Waals surface area contributed by atoms with Crippen molar-refractivity contribution < 1.29 is 4.74 Å². The highest BCUT2D eigenvalue weighted by Gasteiger charge is 2.21. The summed E-state index contributed by atoms with van der Waals surface area (Å²) >= 11 is 3.79. The molecule has 0 radical (unpaired) electrons. The first kappa shape index (κ1) is 25.8. The van der Waals surface area contributed by atoms with Gasteiger partial charge in [-0.1, -0.05) is 121 Å². The van der Waals surface area contributed by atoms with Gasteiger partial charge < -0.3 is 14.2 Å². The summed E-state index contributed by atoms with van der Waals surface area (Å²) in [5.41, 5.74) is 6.36. The van der Waals surface area contributed by atoms with Gasteiger partial charge in [-0.05, 0) is 38.2 Å². The van der Waals surface area contributed by atoms with Gasteiger partial charge in [-0.2, -0.15) is 4.98 Å². The first-order chi connectivity index (χ1) is 19.7. The Balaban J connectivity index is 1.44. The third kappa shape index (κ3) is 6.08. The van der Waals surface area contributed by atoms with Crippen LogP contribution in [0.1, 0.15) is 22.3 Å². The average Bonchev–Trinajstić information content (AvgIpc) is 3.32. The molecule has 0 spiro atoms. The lowest BCUT2D eigenvalue weighted by molar-refractivity contribution is 0.296. The lowest BCUT2D eigenvalue weighted by Crippen LogP contribution is -2.24. The molecule has 5 nitrogen and oxygen atoms in total. The monoisotopic (exact) mass is 588 g/mol. The summed E-state index contributed by atoms with van der Waals surface area (Å²) in [5.74, 6) is 1.19. The third-order valence-electron chi connectivity index (χ3n) is 6.75. The fourth-order valence-corrected chi connectivity index (χ4v) is 5.31. The second kappa shape index (κ2) is 12.2. The number of fused-ring (bicyclic) bond motifs is 1. The summed E-state index contributed by atoms with van der Waals surface area (Å²) in [7, 11) is 0. The van der Waals surface area contributed by atoms with Crippen LogP contribution in [0.25, 0.3) is 11.0 Å². The Labute approximate surface area is 242 Å². The van der Waals surface area contributed by atoms with E-state index in [0.717, 1.165) is 21.1 Å². The molecular formula is C34H29BrN4O. The zero-order chi connectivity index (χ0) is 27.1. The maximum atomic E-state index is 6.47. The van der Waals surface area contributed by atoms with E-state index in [1.807, 2.05) is 36.4 Å². The largest absolute Gasteiger partial charge is 0.471 e. The summed E-state index contributed by atoms with van der Waals surface area (Å²) in [4.78, 5) is 12.4. The van der Waals surface area contributed by atoms with Gasteiger partial charge in [0.25, 0.3) is 0 Å². The Kier molecular flexibility index (Phi) is 7.87. The first-order valence-electron chi connectivity index (χ1n) is 13.3. The normalized spacial score (nSPS) is 11.0. The van der Waals surface area contributed by atoms with Gasteiger partial charge in [-0.15, -0.1) is 0 Å². The maximum Gasteiger partial charge on any atom is 0.243 e. The van der Waals surface area contributed by atoms with Crippen molar-refractivity contribution in [3.05, 3.63) is 154 Å². The smallest absolute Gasteiger partial charge is 0.243 e. The second-order valence-electron chi connectivity index (χ2n) is 9.72. The molecule has 4 aromatic carbocycles. The fourth-order valence-electron chi connectivity index (χ4n) is 4.79. The number of aromatic nitrogens is 3. The molecule has 0 amide bonds. The molecule has 6 aromatic rings. The van der Waals surface area contributed by atoms with Gasteiger partial charge in [-0.3, -0.25) is 0 Å². The lowest BCUT2D eigenvalue weighted by Gasteiger charge is -2.24. The number of rotatable bonds is 10. The summed E-state index contributed by atoms with van der Waals surface area (Å²) in [5, 5.41) is 0. The van der Waals surface area contributed by atoms with Gasteiger partial charge in [0.1, 0.15) is 17.6 Å². The summed E-state index contributed by atoms with van der Waals surface area (Å²) in [6, 6.07) is 41.5. The minimum Gasteiger partial charge on any atom is -0.471 e. The van der Waals surface area contributed by atoms with E-state index in [1.165, 1.54) is 16.7 Å².